The zero-order valence-corrected chi connectivity index (χ0v) is 13.1. The molecular weight excluding hydrogens is 290 g/mol. The molecule has 0 spiro atoms. The number of hydrogen-bond donors (Lipinski definition) is 3. The zero-order chi connectivity index (χ0) is 15.6. The van der Waals surface area contributed by atoms with Gasteiger partial charge in [-0.05, 0) is 44.0 Å². The average Bonchev–Trinajstić information content (AvgIpc) is 2.81. The number of anilines is 2. The highest BCUT2D eigenvalue weighted by molar-refractivity contribution is 6.31. The van der Waals surface area contributed by atoms with Crippen LogP contribution in [0.3, 0.4) is 0 Å². The van der Waals surface area contributed by atoms with E-state index in [1.165, 1.54) is 0 Å². The van der Waals surface area contributed by atoms with Gasteiger partial charge in [0.05, 0.1) is 24.0 Å². The molecule has 1 aliphatic rings. The van der Waals surface area contributed by atoms with E-state index in [1.54, 1.807) is 18.2 Å². The van der Waals surface area contributed by atoms with Crippen LogP contribution in [-0.2, 0) is 4.79 Å². The van der Waals surface area contributed by atoms with Crippen molar-refractivity contribution >= 4 is 28.9 Å². The Bertz CT molecular complexity index is 524. The van der Waals surface area contributed by atoms with Crippen molar-refractivity contribution in [1.29, 1.82) is 0 Å². The van der Waals surface area contributed by atoms with Crippen LogP contribution in [0.4, 0.5) is 11.4 Å². The van der Waals surface area contributed by atoms with Crippen LogP contribution in [0.1, 0.15) is 20.3 Å². The van der Waals surface area contributed by atoms with Gasteiger partial charge in [-0.1, -0.05) is 18.5 Å². The molecule has 1 aliphatic heterocycles. The summed E-state index contributed by atoms with van der Waals surface area (Å²) in [5, 5.41) is 12.9. The third kappa shape index (κ3) is 3.48. The first-order chi connectivity index (χ1) is 9.93. The molecule has 1 aromatic carbocycles. The van der Waals surface area contributed by atoms with Gasteiger partial charge in [-0.2, -0.15) is 0 Å². The maximum Gasteiger partial charge on any atom is 0.241 e. The third-order valence-electron chi connectivity index (χ3n) is 4.26. The van der Waals surface area contributed by atoms with Crippen molar-refractivity contribution in [2.75, 3.05) is 24.2 Å². The van der Waals surface area contributed by atoms with Gasteiger partial charge in [0.15, 0.2) is 0 Å². The number of rotatable bonds is 4. The summed E-state index contributed by atoms with van der Waals surface area (Å²) < 4.78 is 0. The van der Waals surface area contributed by atoms with Gasteiger partial charge in [-0.25, -0.2) is 0 Å². The molecule has 3 atom stereocenters. The normalized spacial score (nSPS) is 24.0. The first kappa shape index (κ1) is 16.1. The Kier molecular flexibility index (Phi) is 5.08. The minimum atomic E-state index is -0.317. The number of likely N-dealkylation sites (tertiary alicyclic amines) is 1. The van der Waals surface area contributed by atoms with E-state index in [2.05, 4.69) is 12.2 Å². The minimum Gasteiger partial charge on any atom is -0.397 e. The molecule has 5 nitrogen and oxygen atoms in total. The van der Waals surface area contributed by atoms with Crippen molar-refractivity contribution in [1.82, 2.24) is 4.90 Å². The summed E-state index contributed by atoms with van der Waals surface area (Å²) in [5.74, 6) is 0.266. The van der Waals surface area contributed by atoms with Crippen molar-refractivity contribution in [2.24, 2.45) is 5.92 Å². The van der Waals surface area contributed by atoms with Crippen molar-refractivity contribution in [3.63, 3.8) is 0 Å². The number of aliphatic hydroxyl groups excluding tert-OH is 1. The molecule has 116 valence electrons. The van der Waals surface area contributed by atoms with Gasteiger partial charge in [0.2, 0.25) is 5.91 Å². The molecule has 0 aliphatic carbocycles. The molecule has 1 heterocycles. The largest absolute Gasteiger partial charge is 0.397 e. The highest BCUT2D eigenvalue weighted by Crippen LogP contribution is 2.27. The Hall–Kier alpha value is -1.30. The number of amides is 1. The monoisotopic (exact) mass is 311 g/mol. The summed E-state index contributed by atoms with van der Waals surface area (Å²) in [7, 11) is 0. The molecule has 1 saturated heterocycles. The molecule has 0 radical (unpaired) electrons. The van der Waals surface area contributed by atoms with E-state index in [1.807, 2.05) is 11.8 Å². The Morgan fingerprint density at radius 2 is 2.33 bits per heavy atom. The Balaban J connectivity index is 2.06. The van der Waals surface area contributed by atoms with Gasteiger partial charge >= 0.3 is 0 Å². The topological polar surface area (TPSA) is 78.6 Å². The van der Waals surface area contributed by atoms with Gasteiger partial charge in [0, 0.05) is 11.1 Å². The SMILES string of the molecule is CC1CCN(C(C)C(=O)Nc2ccc(Cl)cc2N)C1CO. The van der Waals surface area contributed by atoms with Crippen LogP contribution >= 0.6 is 11.6 Å². The van der Waals surface area contributed by atoms with Crippen LogP contribution in [-0.4, -0.2) is 41.1 Å². The standard InChI is InChI=1S/C15H22ClN3O2/c1-9-5-6-19(14(9)8-20)10(2)15(21)18-13-4-3-11(16)7-12(13)17/h3-4,7,9-10,14,20H,5-6,8,17H2,1-2H3,(H,18,21). The van der Waals surface area contributed by atoms with E-state index in [-0.39, 0.29) is 24.6 Å². The van der Waals surface area contributed by atoms with Crippen LogP contribution < -0.4 is 11.1 Å². The third-order valence-corrected chi connectivity index (χ3v) is 4.50. The number of nitrogens with zero attached hydrogens (tertiary/aromatic N) is 1. The van der Waals surface area contributed by atoms with E-state index in [0.29, 0.717) is 22.3 Å². The molecule has 21 heavy (non-hydrogen) atoms. The number of carbonyl (C=O) groups excluding carboxylic acids is 1. The van der Waals surface area contributed by atoms with Gasteiger partial charge < -0.3 is 16.2 Å². The number of aliphatic hydroxyl groups is 1. The molecule has 1 amide bonds. The van der Waals surface area contributed by atoms with E-state index in [4.69, 9.17) is 17.3 Å². The quantitative estimate of drug-likeness (QED) is 0.743. The van der Waals surface area contributed by atoms with Gasteiger partial charge in [0.1, 0.15) is 0 Å². The van der Waals surface area contributed by atoms with Crippen molar-refractivity contribution in [3.05, 3.63) is 23.2 Å². The van der Waals surface area contributed by atoms with Gasteiger partial charge in [-0.3, -0.25) is 9.69 Å². The molecule has 0 aromatic heterocycles. The lowest BCUT2D eigenvalue weighted by Crippen LogP contribution is -2.47. The molecule has 6 heteroatoms. The van der Waals surface area contributed by atoms with Crippen molar-refractivity contribution in [2.45, 2.75) is 32.4 Å². The Morgan fingerprint density at radius 1 is 1.62 bits per heavy atom. The maximum absolute atomic E-state index is 12.4. The molecule has 1 fully saturated rings. The van der Waals surface area contributed by atoms with Crippen LogP contribution in [0.2, 0.25) is 5.02 Å². The second-order valence-electron chi connectivity index (χ2n) is 5.65. The van der Waals surface area contributed by atoms with E-state index >= 15 is 0 Å². The van der Waals surface area contributed by atoms with Crippen LogP contribution in [0.25, 0.3) is 0 Å². The molecule has 0 saturated carbocycles. The number of nitrogens with two attached hydrogens (primary N) is 1. The fraction of sp³-hybridized carbons (Fsp3) is 0.533. The van der Waals surface area contributed by atoms with E-state index < -0.39 is 0 Å². The smallest absolute Gasteiger partial charge is 0.241 e. The predicted octanol–water partition coefficient (Wildman–Crippen LogP) is 1.95. The zero-order valence-electron chi connectivity index (χ0n) is 12.3. The predicted molar refractivity (Wildman–Crippen MR) is 85.3 cm³/mol. The summed E-state index contributed by atoms with van der Waals surface area (Å²) in [4.78, 5) is 14.4. The first-order valence-corrected chi connectivity index (χ1v) is 7.54. The number of carbonyl (C=O) groups is 1. The summed E-state index contributed by atoms with van der Waals surface area (Å²) in [6.45, 7) is 4.84. The highest BCUT2D eigenvalue weighted by atomic mass is 35.5. The van der Waals surface area contributed by atoms with Gasteiger partial charge in [0.25, 0.3) is 0 Å². The lowest BCUT2D eigenvalue weighted by atomic mass is 10.0. The summed E-state index contributed by atoms with van der Waals surface area (Å²) in [6, 6.07) is 4.71. The molecule has 2 rings (SSSR count). The lowest BCUT2D eigenvalue weighted by Gasteiger charge is -2.30. The second-order valence-corrected chi connectivity index (χ2v) is 6.09. The molecule has 4 N–H and O–H groups in total. The van der Waals surface area contributed by atoms with Crippen LogP contribution in [0.15, 0.2) is 18.2 Å². The fourth-order valence-electron chi connectivity index (χ4n) is 2.84. The highest BCUT2D eigenvalue weighted by Gasteiger charge is 2.36. The number of nitrogen functional groups attached to an aromatic ring is 1. The Labute approximate surface area is 130 Å². The van der Waals surface area contributed by atoms with Crippen molar-refractivity contribution < 1.29 is 9.90 Å². The summed E-state index contributed by atoms with van der Waals surface area (Å²) >= 11 is 5.84. The lowest BCUT2D eigenvalue weighted by molar-refractivity contribution is -0.121. The van der Waals surface area contributed by atoms with Crippen molar-refractivity contribution in [3.8, 4) is 0 Å². The molecule has 1 aromatic rings. The Morgan fingerprint density at radius 3 is 2.95 bits per heavy atom. The van der Waals surface area contributed by atoms with Gasteiger partial charge in [-0.15, -0.1) is 0 Å². The molecule has 3 unspecified atom stereocenters. The number of halogens is 1. The number of hydrogen-bond acceptors (Lipinski definition) is 4. The fourth-order valence-corrected chi connectivity index (χ4v) is 3.02. The first-order valence-electron chi connectivity index (χ1n) is 7.16. The average molecular weight is 312 g/mol. The number of benzene rings is 1. The minimum absolute atomic E-state index is 0.0355. The maximum atomic E-state index is 12.4. The van der Waals surface area contributed by atoms with E-state index in [0.717, 1.165) is 13.0 Å². The second kappa shape index (κ2) is 6.64. The molecular formula is C15H22ClN3O2. The number of nitrogens with one attached hydrogen (secondary N) is 1. The van der Waals surface area contributed by atoms with Crippen LogP contribution in [0, 0.1) is 5.92 Å². The van der Waals surface area contributed by atoms with E-state index in [9.17, 15) is 9.90 Å². The summed E-state index contributed by atoms with van der Waals surface area (Å²) in [5.41, 5.74) is 6.85. The molecule has 0 bridgehead atoms. The van der Waals surface area contributed by atoms with Crippen LogP contribution in [0.5, 0.6) is 0 Å². The summed E-state index contributed by atoms with van der Waals surface area (Å²) in [6.07, 6.45) is 0.992.